The summed E-state index contributed by atoms with van der Waals surface area (Å²) >= 11 is 0. The zero-order chi connectivity index (χ0) is 30.0. The number of hydrogen-bond donors (Lipinski definition) is 1. The van der Waals surface area contributed by atoms with Crippen molar-refractivity contribution < 1.29 is 0 Å². The number of nitrogens with one attached hydrogen (secondary N) is 1. The molecule has 0 amide bonds. The summed E-state index contributed by atoms with van der Waals surface area (Å²) in [5.74, 6) is 10.8. The zero-order valence-electron chi connectivity index (χ0n) is 25.8. The standard InChI is InChI=1S/C38H46N4S/c1-6-7-15-38-39-36-23-22-33(41-24-11-8-12-25-41)26-35(36)29(3)42(38)27-30-16-18-32(19-17-30)34-13-9-10-14-37(34)43(4,5)40-28(2)31-20-21-31/h9-10,13-14,16-19,22-23,26,31,40H,2-8,11-12,15,20-21,24-25,27H2,1H3. The summed E-state index contributed by atoms with van der Waals surface area (Å²) in [5, 5.41) is 0. The summed E-state index contributed by atoms with van der Waals surface area (Å²) in [6.07, 6.45) is 9.49. The molecule has 43 heavy (non-hydrogen) atoms. The van der Waals surface area contributed by atoms with E-state index < -0.39 is 9.39 Å². The van der Waals surface area contributed by atoms with Crippen molar-refractivity contribution in [3.63, 3.8) is 0 Å². The normalized spacial score (nSPS) is 17.0. The Balaban J connectivity index is 1.25. The first kappa shape index (κ1) is 29.4. The Labute approximate surface area is 259 Å². The molecule has 3 aromatic rings. The van der Waals surface area contributed by atoms with Gasteiger partial charge in [-0.1, -0.05) is 80.7 Å². The zero-order valence-corrected chi connectivity index (χ0v) is 26.6. The molecule has 2 heterocycles. The predicted molar refractivity (Wildman–Crippen MR) is 191 cm³/mol. The number of rotatable bonds is 11. The average Bonchev–Trinajstić information content (AvgIpc) is 3.88. The van der Waals surface area contributed by atoms with Crippen LogP contribution in [0, 0.1) is 5.92 Å². The molecule has 0 aromatic heterocycles. The molecule has 1 aliphatic carbocycles. The van der Waals surface area contributed by atoms with E-state index >= 15 is 0 Å². The topological polar surface area (TPSA) is 30.9 Å². The van der Waals surface area contributed by atoms with Crippen molar-refractivity contribution in [3.8, 4) is 11.1 Å². The van der Waals surface area contributed by atoms with Crippen molar-refractivity contribution in [2.75, 3.05) is 18.0 Å². The van der Waals surface area contributed by atoms with Crippen LogP contribution in [-0.2, 0) is 6.54 Å². The minimum atomic E-state index is -1.73. The lowest BCUT2D eigenvalue weighted by Crippen LogP contribution is -2.32. The van der Waals surface area contributed by atoms with Crippen LogP contribution >= 0.6 is 9.39 Å². The molecule has 2 aliphatic heterocycles. The van der Waals surface area contributed by atoms with Gasteiger partial charge in [0.25, 0.3) is 0 Å². The highest BCUT2D eigenvalue weighted by Gasteiger charge is 2.26. The Bertz CT molecular complexity index is 1640. The largest absolute Gasteiger partial charge is 0.372 e. The van der Waals surface area contributed by atoms with Crippen LogP contribution < -0.4 is 9.62 Å². The Morgan fingerprint density at radius 2 is 1.70 bits per heavy atom. The van der Waals surface area contributed by atoms with Crippen LogP contribution in [0.2, 0.25) is 0 Å². The van der Waals surface area contributed by atoms with Gasteiger partial charge in [0, 0.05) is 53.6 Å². The maximum absolute atomic E-state index is 5.18. The molecule has 0 radical (unpaired) electrons. The Morgan fingerprint density at radius 1 is 0.953 bits per heavy atom. The lowest BCUT2D eigenvalue weighted by Gasteiger charge is -2.34. The van der Waals surface area contributed by atoms with Crippen molar-refractivity contribution in [3.05, 3.63) is 96.7 Å². The Hall–Kier alpha value is -3.70. The highest BCUT2D eigenvalue weighted by Crippen LogP contribution is 2.42. The molecular formula is C38H46N4S. The third-order valence-corrected chi connectivity index (χ3v) is 10.8. The summed E-state index contributed by atoms with van der Waals surface area (Å²) in [5.41, 5.74) is 9.22. The summed E-state index contributed by atoms with van der Waals surface area (Å²) in [7, 11) is -1.73. The Morgan fingerprint density at radius 3 is 2.42 bits per heavy atom. The lowest BCUT2D eigenvalue weighted by molar-refractivity contribution is 0.553. The number of aliphatic imine (C=N–C) groups is 1. The van der Waals surface area contributed by atoms with Gasteiger partial charge < -0.3 is 14.5 Å². The van der Waals surface area contributed by atoms with E-state index in [1.807, 2.05) is 0 Å². The summed E-state index contributed by atoms with van der Waals surface area (Å²) in [4.78, 5) is 11.2. The minimum absolute atomic E-state index is 0.570. The fourth-order valence-electron chi connectivity index (χ4n) is 6.25. The van der Waals surface area contributed by atoms with Crippen molar-refractivity contribution in [2.24, 2.45) is 10.9 Å². The van der Waals surface area contributed by atoms with Crippen LogP contribution in [0.15, 0.2) is 95.5 Å². The average molecular weight is 591 g/mol. The number of benzene rings is 3. The van der Waals surface area contributed by atoms with Crippen molar-refractivity contribution in [1.29, 1.82) is 0 Å². The van der Waals surface area contributed by atoms with Gasteiger partial charge in [-0.25, -0.2) is 4.99 Å². The number of unbranched alkanes of at least 4 members (excludes halogenated alkanes) is 1. The van der Waals surface area contributed by atoms with Crippen molar-refractivity contribution in [2.45, 2.75) is 69.7 Å². The highest BCUT2D eigenvalue weighted by molar-refractivity contribution is 8.26. The van der Waals surface area contributed by atoms with Crippen LogP contribution in [0.1, 0.15) is 69.4 Å². The third-order valence-electron chi connectivity index (χ3n) is 8.96. The van der Waals surface area contributed by atoms with E-state index in [1.165, 1.54) is 54.5 Å². The summed E-state index contributed by atoms with van der Waals surface area (Å²) < 4.78 is 3.60. The van der Waals surface area contributed by atoms with E-state index in [0.29, 0.717) is 5.92 Å². The molecular weight excluding hydrogens is 545 g/mol. The second-order valence-electron chi connectivity index (χ2n) is 12.4. The van der Waals surface area contributed by atoms with E-state index in [9.17, 15) is 0 Å². The number of fused-ring (bicyclic) bond motifs is 1. The molecule has 0 unspecified atom stereocenters. The van der Waals surface area contributed by atoms with Crippen molar-refractivity contribution in [1.82, 2.24) is 9.62 Å². The molecule has 224 valence electrons. The summed E-state index contributed by atoms with van der Waals surface area (Å²) in [6.45, 7) is 14.1. The van der Waals surface area contributed by atoms with E-state index in [2.05, 4.69) is 113 Å². The van der Waals surface area contributed by atoms with E-state index in [0.717, 1.165) is 72.3 Å². The molecule has 0 bridgehead atoms. The molecule has 0 spiro atoms. The van der Waals surface area contributed by atoms with Gasteiger partial charge in [-0.05, 0) is 85.4 Å². The molecule has 1 saturated carbocycles. The van der Waals surface area contributed by atoms with Gasteiger partial charge in [-0.2, -0.15) is 0 Å². The maximum atomic E-state index is 5.18. The first-order valence-electron chi connectivity index (χ1n) is 15.9. The van der Waals surface area contributed by atoms with Crippen LogP contribution in [-0.4, -0.2) is 35.6 Å². The fourth-order valence-corrected chi connectivity index (χ4v) is 7.98. The number of amidine groups is 1. The van der Waals surface area contributed by atoms with Gasteiger partial charge >= 0.3 is 0 Å². The van der Waals surface area contributed by atoms with Crippen LogP contribution in [0.3, 0.4) is 0 Å². The molecule has 1 N–H and O–H groups in total. The van der Waals surface area contributed by atoms with E-state index in [-0.39, 0.29) is 0 Å². The maximum Gasteiger partial charge on any atom is 0.110 e. The van der Waals surface area contributed by atoms with Crippen LogP contribution in [0.25, 0.3) is 16.8 Å². The van der Waals surface area contributed by atoms with Crippen LogP contribution in [0.4, 0.5) is 11.4 Å². The predicted octanol–water partition coefficient (Wildman–Crippen LogP) is 9.51. The summed E-state index contributed by atoms with van der Waals surface area (Å²) in [6, 6.07) is 24.2. The lowest BCUT2D eigenvalue weighted by atomic mass is 10.0. The first-order chi connectivity index (χ1) is 20.8. The molecule has 1 saturated heterocycles. The minimum Gasteiger partial charge on any atom is -0.372 e. The van der Waals surface area contributed by atoms with Gasteiger partial charge in [0.1, 0.15) is 5.84 Å². The second kappa shape index (κ2) is 12.5. The molecule has 2 fully saturated rings. The number of nitrogens with zero attached hydrogens (tertiary/aromatic N) is 3. The molecule has 5 heteroatoms. The van der Waals surface area contributed by atoms with E-state index in [4.69, 9.17) is 4.99 Å². The molecule has 6 rings (SSSR count). The van der Waals surface area contributed by atoms with Gasteiger partial charge in [-0.3, -0.25) is 0 Å². The van der Waals surface area contributed by atoms with Crippen molar-refractivity contribution >= 4 is 44.0 Å². The smallest absolute Gasteiger partial charge is 0.110 e. The molecule has 0 atom stereocenters. The van der Waals surface area contributed by atoms with Gasteiger partial charge in [-0.15, -0.1) is 9.39 Å². The van der Waals surface area contributed by atoms with Crippen LogP contribution in [0.5, 0.6) is 0 Å². The fraction of sp³-hybridized carbons (Fsp3) is 0.342. The van der Waals surface area contributed by atoms with E-state index in [1.54, 1.807) is 0 Å². The monoisotopic (exact) mass is 590 g/mol. The van der Waals surface area contributed by atoms with Gasteiger partial charge in [0.05, 0.1) is 5.69 Å². The highest BCUT2D eigenvalue weighted by atomic mass is 32.2. The first-order valence-corrected chi connectivity index (χ1v) is 17.9. The second-order valence-corrected chi connectivity index (χ2v) is 14.8. The number of anilines is 1. The quantitative estimate of drug-likeness (QED) is 0.226. The molecule has 4 nitrogen and oxygen atoms in total. The number of hydrogen-bond acceptors (Lipinski definition) is 4. The van der Waals surface area contributed by atoms with Gasteiger partial charge in [0.2, 0.25) is 0 Å². The number of piperidine rings is 1. The van der Waals surface area contributed by atoms with Gasteiger partial charge in [0.15, 0.2) is 0 Å². The Kier molecular flexibility index (Phi) is 8.54. The SMILES string of the molecule is C=C(NS(=C)(=C)c1ccccc1-c1ccc(CN2C(=C)c3cc(N4CCCCC4)ccc3N=C2CCCC)cc1)C1CC1. The molecule has 3 aromatic carbocycles. The molecule has 3 aliphatic rings. The number of allylic oxidation sites excluding steroid dienone is 1. The third kappa shape index (κ3) is 6.47.